The summed E-state index contributed by atoms with van der Waals surface area (Å²) in [6, 6.07) is 13.4. The van der Waals surface area contributed by atoms with Crippen LogP contribution in [0.5, 0.6) is 0 Å². The minimum absolute atomic E-state index is 0.268. The summed E-state index contributed by atoms with van der Waals surface area (Å²) >= 11 is 0. The summed E-state index contributed by atoms with van der Waals surface area (Å²) in [4.78, 5) is 0. The van der Waals surface area contributed by atoms with Crippen molar-refractivity contribution in [1.82, 2.24) is 0 Å². The average molecular weight is 423 g/mol. The molecule has 2 atom stereocenters. The fraction of sp³-hybridized carbons (Fsp3) is 0.438. The minimum atomic E-state index is 0.268. The van der Waals surface area contributed by atoms with E-state index in [0.717, 1.165) is 12.3 Å². The summed E-state index contributed by atoms with van der Waals surface area (Å²) in [5, 5.41) is 0. The molecule has 0 bridgehead atoms. The summed E-state index contributed by atoms with van der Waals surface area (Å²) < 4.78 is 0. The van der Waals surface area contributed by atoms with Crippen LogP contribution in [-0.2, 0) is 24.7 Å². The van der Waals surface area contributed by atoms with E-state index < -0.39 is 0 Å². The molecular formula is C32H38. The Morgan fingerprint density at radius 1 is 0.906 bits per heavy atom. The third-order valence-corrected chi connectivity index (χ3v) is 9.03. The lowest BCUT2D eigenvalue weighted by atomic mass is 9.54. The van der Waals surface area contributed by atoms with Crippen LogP contribution in [0.15, 0.2) is 60.7 Å². The van der Waals surface area contributed by atoms with Gasteiger partial charge in [-0.25, -0.2) is 0 Å². The van der Waals surface area contributed by atoms with Gasteiger partial charge < -0.3 is 0 Å². The summed E-state index contributed by atoms with van der Waals surface area (Å²) in [5.41, 5.74) is 11.6. The molecular weight excluding hydrogens is 384 g/mol. The van der Waals surface area contributed by atoms with Crippen LogP contribution in [0.2, 0.25) is 0 Å². The van der Waals surface area contributed by atoms with Crippen molar-refractivity contribution in [2.75, 3.05) is 0 Å². The molecule has 2 aromatic carbocycles. The molecule has 4 aliphatic carbocycles. The van der Waals surface area contributed by atoms with Gasteiger partial charge in [0.15, 0.2) is 0 Å². The lowest BCUT2D eigenvalue weighted by Gasteiger charge is -2.50. The quantitative estimate of drug-likeness (QED) is 0.400. The predicted octanol–water partition coefficient (Wildman–Crippen LogP) is 8.34. The zero-order valence-corrected chi connectivity index (χ0v) is 20.5. The second-order valence-corrected chi connectivity index (χ2v) is 11.6. The van der Waals surface area contributed by atoms with E-state index >= 15 is 0 Å². The molecule has 0 aliphatic heterocycles. The van der Waals surface area contributed by atoms with Gasteiger partial charge in [-0.05, 0) is 93.7 Å². The Morgan fingerprint density at radius 2 is 1.72 bits per heavy atom. The van der Waals surface area contributed by atoms with Gasteiger partial charge in [-0.1, -0.05) is 101 Å². The van der Waals surface area contributed by atoms with Crippen molar-refractivity contribution in [2.24, 2.45) is 17.3 Å². The Morgan fingerprint density at radius 3 is 2.53 bits per heavy atom. The first-order valence-corrected chi connectivity index (χ1v) is 12.6. The molecule has 0 heterocycles. The molecule has 6 rings (SSSR count). The molecule has 0 radical (unpaired) electrons. The highest BCUT2D eigenvalue weighted by atomic mass is 14.5. The van der Waals surface area contributed by atoms with Crippen LogP contribution in [0.3, 0.4) is 0 Å². The van der Waals surface area contributed by atoms with Crippen molar-refractivity contribution in [1.29, 1.82) is 0 Å². The van der Waals surface area contributed by atoms with Crippen LogP contribution in [0.1, 0.15) is 80.8 Å². The molecule has 0 saturated carbocycles. The van der Waals surface area contributed by atoms with E-state index in [1.807, 2.05) is 0 Å². The second-order valence-electron chi connectivity index (χ2n) is 11.6. The van der Waals surface area contributed by atoms with E-state index in [9.17, 15) is 0 Å². The number of allylic oxidation sites excluding steroid dienone is 5. The van der Waals surface area contributed by atoms with Crippen molar-refractivity contribution < 1.29 is 0 Å². The first-order chi connectivity index (χ1) is 15.3. The number of hydrogen-bond acceptors (Lipinski definition) is 0. The number of benzene rings is 2. The van der Waals surface area contributed by atoms with Gasteiger partial charge in [0, 0.05) is 0 Å². The lowest BCUT2D eigenvalue weighted by Crippen LogP contribution is -2.44. The van der Waals surface area contributed by atoms with Gasteiger partial charge in [0.2, 0.25) is 0 Å². The van der Waals surface area contributed by atoms with Crippen molar-refractivity contribution in [3.63, 3.8) is 0 Å². The zero-order valence-electron chi connectivity index (χ0n) is 20.5. The van der Waals surface area contributed by atoms with Gasteiger partial charge in [0.1, 0.15) is 0 Å². The molecule has 0 amide bonds. The van der Waals surface area contributed by atoms with E-state index in [0.29, 0.717) is 11.3 Å². The first kappa shape index (κ1) is 21.5. The SMILES string of the molecule is C1=Cc2ccccc2C1.CC1C(C)(C)Cc2c(ccc3c2CCC2CC=CC=C32)C1(C)C. The Bertz CT molecular complexity index is 1120. The third kappa shape index (κ3) is 3.53. The molecule has 4 aliphatic rings. The number of rotatable bonds is 0. The van der Waals surface area contributed by atoms with E-state index in [1.54, 1.807) is 27.8 Å². The molecule has 0 aromatic heterocycles. The number of fused-ring (bicyclic) bond motifs is 6. The van der Waals surface area contributed by atoms with E-state index in [4.69, 9.17) is 0 Å². The molecule has 0 nitrogen and oxygen atoms in total. The van der Waals surface area contributed by atoms with Gasteiger partial charge in [0.05, 0.1) is 0 Å². The smallest absolute Gasteiger partial charge is 0.00699 e. The molecule has 2 unspecified atom stereocenters. The Labute approximate surface area is 195 Å². The van der Waals surface area contributed by atoms with E-state index in [1.165, 1.54) is 36.8 Å². The Hall–Kier alpha value is -2.34. The van der Waals surface area contributed by atoms with E-state index in [2.05, 4.69) is 101 Å². The van der Waals surface area contributed by atoms with Crippen LogP contribution >= 0.6 is 0 Å². The topological polar surface area (TPSA) is 0 Å². The maximum Gasteiger partial charge on any atom is -0.00699 e. The Balaban J connectivity index is 0.000000199. The maximum absolute atomic E-state index is 2.47. The van der Waals surface area contributed by atoms with Gasteiger partial charge >= 0.3 is 0 Å². The van der Waals surface area contributed by atoms with Crippen LogP contribution in [0.25, 0.3) is 11.6 Å². The van der Waals surface area contributed by atoms with Crippen LogP contribution in [0.4, 0.5) is 0 Å². The standard InChI is InChI=1S/C23H30.C9H8/c1-15-22(2,3)14-20-19-11-10-16-8-6-7-9-17(16)18(19)12-13-21(20)23(15,4)5;1-2-5-9-7-3-6-8(9)4-1/h6-7,9,12-13,15-16H,8,10-11,14H2,1-5H3;1-6H,7H2. The van der Waals surface area contributed by atoms with Gasteiger partial charge in [-0.2, -0.15) is 0 Å². The summed E-state index contributed by atoms with van der Waals surface area (Å²) in [7, 11) is 0. The molecule has 32 heavy (non-hydrogen) atoms. The van der Waals surface area contributed by atoms with Crippen LogP contribution in [-0.4, -0.2) is 0 Å². The van der Waals surface area contributed by atoms with Crippen LogP contribution in [0, 0.1) is 17.3 Å². The normalized spacial score (nSPS) is 25.5. The fourth-order valence-corrected chi connectivity index (χ4v) is 6.65. The zero-order chi connectivity index (χ0) is 22.5. The molecule has 0 fully saturated rings. The van der Waals surface area contributed by atoms with Gasteiger partial charge in [-0.3, -0.25) is 0 Å². The molecule has 166 valence electrons. The average Bonchev–Trinajstić information content (AvgIpc) is 3.27. The molecule has 0 spiro atoms. The van der Waals surface area contributed by atoms with Crippen molar-refractivity contribution >= 4 is 11.6 Å². The first-order valence-electron chi connectivity index (χ1n) is 12.6. The highest BCUT2D eigenvalue weighted by Gasteiger charge is 2.45. The summed E-state index contributed by atoms with van der Waals surface area (Å²) in [6.45, 7) is 12.3. The Kier molecular flexibility index (Phi) is 5.31. The van der Waals surface area contributed by atoms with Gasteiger partial charge in [0.25, 0.3) is 0 Å². The molecule has 0 heteroatoms. The van der Waals surface area contributed by atoms with Gasteiger partial charge in [-0.15, -0.1) is 0 Å². The van der Waals surface area contributed by atoms with Crippen molar-refractivity contribution in [2.45, 2.75) is 72.1 Å². The van der Waals surface area contributed by atoms with Crippen LogP contribution < -0.4 is 0 Å². The minimum Gasteiger partial charge on any atom is -0.0839 e. The number of hydrogen-bond donors (Lipinski definition) is 0. The molecule has 2 aromatic rings. The summed E-state index contributed by atoms with van der Waals surface area (Å²) in [6.07, 6.45) is 17.5. The molecule has 0 saturated heterocycles. The highest BCUT2D eigenvalue weighted by molar-refractivity contribution is 5.76. The predicted molar refractivity (Wildman–Crippen MR) is 139 cm³/mol. The van der Waals surface area contributed by atoms with Crippen molar-refractivity contribution in [3.05, 3.63) is 94.1 Å². The summed E-state index contributed by atoms with van der Waals surface area (Å²) in [5.74, 6) is 1.46. The lowest BCUT2D eigenvalue weighted by molar-refractivity contribution is 0.125. The highest BCUT2D eigenvalue weighted by Crippen LogP contribution is 2.53. The molecule has 0 N–H and O–H groups in total. The fourth-order valence-electron chi connectivity index (χ4n) is 6.65. The van der Waals surface area contributed by atoms with Crippen molar-refractivity contribution in [3.8, 4) is 0 Å². The maximum atomic E-state index is 2.47. The van der Waals surface area contributed by atoms with E-state index in [-0.39, 0.29) is 5.41 Å². The third-order valence-electron chi connectivity index (χ3n) is 9.03. The second kappa shape index (κ2) is 7.91. The largest absolute Gasteiger partial charge is 0.0839 e. The monoisotopic (exact) mass is 422 g/mol.